The van der Waals surface area contributed by atoms with E-state index in [1.807, 2.05) is 43.9 Å². The van der Waals surface area contributed by atoms with Gasteiger partial charge >= 0.3 is 0 Å². The molecule has 6 nitrogen and oxygen atoms in total. The van der Waals surface area contributed by atoms with E-state index in [1.54, 1.807) is 4.90 Å². The number of nitrogens with zero attached hydrogens (tertiary/aromatic N) is 2. The molecule has 1 aromatic carbocycles. The van der Waals surface area contributed by atoms with Crippen molar-refractivity contribution in [3.63, 3.8) is 0 Å². The van der Waals surface area contributed by atoms with Crippen molar-refractivity contribution in [2.75, 3.05) is 22.9 Å². The first-order valence-corrected chi connectivity index (χ1v) is 9.48. The molecular formula is C20H27N3O3. The Morgan fingerprint density at radius 2 is 2.08 bits per heavy atom. The number of amides is 3. The lowest BCUT2D eigenvalue weighted by Gasteiger charge is -2.20. The molecule has 0 unspecified atom stereocenters. The van der Waals surface area contributed by atoms with E-state index in [-0.39, 0.29) is 36.1 Å². The summed E-state index contributed by atoms with van der Waals surface area (Å²) >= 11 is 0. The van der Waals surface area contributed by atoms with Crippen LogP contribution in [0.15, 0.2) is 18.2 Å². The fourth-order valence-corrected chi connectivity index (χ4v) is 3.60. The predicted octanol–water partition coefficient (Wildman–Crippen LogP) is 2.25. The molecule has 0 aliphatic carbocycles. The Balaban J connectivity index is 1.73. The van der Waals surface area contributed by atoms with E-state index in [0.29, 0.717) is 19.5 Å². The quantitative estimate of drug-likeness (QED) is 0.879. The molecule has 3 rings (SSSR count). The monoisotopic (exact) mass is 357 g/mol. The van der Waals surface area contributed by atoms with Crippen molar-refractivity contribution in [3.8, 4) is 0 Å². The van der Waals surface area contributed by atoms with Crippen molar-refractivity contribution < 1.29 is 14.4 Å². The molecule has 0 aromatic heterocycles. The minimum atomic E-state index is -0.303. The summed E-state index contributed by atoms with van der Waals surface area (Å²) in [6.45, 7) is 6.96. The lowest BCUT2D eigenvalue weighted by Crippen LogP contribution is -2.38. The summed E-state index contributed by atoms with van der Waals surface area (Å²) in [6, 6.07) is 5.91. The van der Waals surface area contributed by atoms with E-state index < -0.39 is 0 Å². The first-order valence-electron chi connectivity index (χ1n) is 9.48. The summed E-state index contributed by atoms with van der Waals surface area (Å²) in [6.07, 6.45) is 2.40. The Kier molecular flexibility index (Phi) is 5.30. The van der Waals surface area contributed by atoms with Crippen molar-refractivity contribution in [2.45, 2.75) is 52.5 Å². The summed E-state index contributed by atoms with van der Waals surface area (Å²) in [7, 11) is 0. The summed E-state index contributed by atoms with van der Waals surface area (Å²) in [5.74, 6) is -0.247. The molecule has 0 radical (unpaired) electrons. The molecule has 6 heteroatoms. The van der Waals surface area contributed by atoms with Gasteiger partial charge in [0.1, 0.15) is 0 Å². The van der Waals surface area contributed by atoms with Gasteiger partial charge in [0, 0.05) is 43.3 Å². The van der Waals surface area contributed by atoms with Crippen LogP contribution in [0.5, 0.6) is 0 Å². The Morgan fingerprint density at radius 1 is 1.31 bits per heavy atom. The number of fused-ring (bicyclic) bond motifs is 1. The number of rotatable bonds is 5. The van der Waals surface area contributed by atoms with E-state index >= 15 is 0 Å². The van der Waals surface area contributed by atoms with E-state index in [9.17, 15) is 14.4 Å². The van der Waals surface area contributed by atoms with Gasteiger partial charge in [0.2, 0.25) is 17.7 Å². The zero-order valence-corrected chi connectivity index (χ0v) is 15.7. The van der Waals surface area contributed by atoms with E-state index in [0.717, 1.165) is 29.8 Å². The maximum Gasteiger partial charge on any atom is 0.227 e. The van der Waals surface area contributed by atoms with Crippen LogP contribution in [-0.2, 0) is 20.8 Å². The Bertz CT molecular complexity index is 731. The first kappa shape index (κ1) is 18.4. The van der Waals surface area contributed by atoms with Crippen LogP contribution in [0.2, 0.25) is 0 Å². The molecule has 2 atom stereocenters. The van der Waals surface area contributed by atoms with Gasteiger partial charge < -0.3 is 15.1 Å². The number of hydrogen-bond donors (Lipinski definition) is 1. The average Bonchev–Trinajstić information content (AvgIpc) is 3.23. The highest BCUT2D eigenvalue weighted by Gasteiger charge is 2.36. The predicted molar refractivity (Wildman–Crippen MR) is 101 cm³/mol. The third kappa shape index (κ3) is 3.45. The molecular weight excluding hydrogens is 330 g/mol. The van der Waals surface area contributed by atoms with Crippen LogP contribution in [-0.4, -0.2) is 36.9 Å². The molecule has 1 aromatic rings. The maximum absolute atomic E-state index is 12.4. The smallest absolute Gasteiger partial charge is 0.227 e. The maximum atomic E-state index is 12.4. The standard InChI is InChI=1S/C20H27N3O3/c1-4-13(3)21-20(26)15-11-19(25)23(12-15)16-6-7-17-14(10-16)8-9-22(17)18(24)5-2/h6-7,10,13,15H,4-5,8-9,11-12H2,1-3H3,(H,21,26)/t13-,15+/m1/s1. The minimum Gasteiger partial charge on any atom is -0.353 e. The average molecular weight is 357 g/mol. The van der Waals surface area contributed by atoms with Gasteiger partial charge in [0.25, 0.3) is 0 Å². The highest BCUT2D eigenvalue weighted by Crippen LogP contribution is 2.34. The largest absolute Gasteiger partial charge is 0.353 e. The van der Waals surface area contributed by atoms with Crippen molar-refractivity contribution in [1.29, 1.82) is 0 Å². The molecule has 140 valence electrons. The molecule has 0 bridgehead atoms. The minimum absolute atomic E-state index is 0.0197. The zero-order valence-electron chi connectivity index (χ0n) is 15.7. The molecule has 1 fully saturated rings. The van der Waals surface area contributed by atoms with Crippen LogP contribution < -0.4 is 15.1 Å². The SMILES string of the molecule is CCC(=O)N1CCc2cc(N3C[C@@H](C(=O)N[C@H](C)CC)CC3=O)ccc21. The van der Waals surface area contributed by atoms with Gasteiger partial charge in [-0.05, 0) is 43.5 Å². The number of hydrogen-bond acceptors (Lipinski definition) is 3. The highest BCUT2D eigenvalue weighted by molar-refractivity contribution is 6.01. The third-order valence-corrected chi connectivity index (χ3v) is 5.37. The Morgan fingerprint density at radius 3 is 2.77 bits per heavy atom. The fraction of sp³-hybridized carbons (Fsp3) is 0.550. The molecule has 2 aliphatic rings. The summed E-state index contributed by atoms with van der Waals surface area (Å²) < 4.78 is 0. The van der Waals surface area contributed by atoms with Crippen LogP contribution in [0.4, 0.5) is 11.4 Å². The van der Waals surface area contributed by atoms with Crippen LogP contribution in [0.3, 0.4) is 0 Å². The molecule has 0 saturated carbocycles. The summed E-state index contributed by atoms with van der Waals surface area (Å²) in [5, 5.41) is 2.97. The van der Waals surface area contributed by atoms with E-state index in [2.05, 4.69) is 5.32 Å². The second kappa shape index (κ2) is 7.48. The summed E-state index contributed by atoms with van der Waals surface area (Å²) in [5.41, 5.74) is 2.85. The third-order valence-electron chi connectivity index (χ3n) is 5.37. The van der Waals surface area contributed by atoms with Crippen molar-refractivity contribution >= 4 is 29.1 Å². The normalized spacial score (nSPS) is 20.3. The second-order valence-electron chi connectivity index (χ2n) is 7.19. The molecule has 26 heavy (non-hydrogen) atoms. The number of anilines is 2. The number of carbonyl (C=O) groups excluding carboxylic acids is 3. The van der Waals surface area contributed by atoms with Crippen molar-refractivity contribution in [3.05, 3.63) is 23.8 Å². The van der Waals surface area contributed by atoms with Gasteiger partial charge in [0.05, 0.1) is 5.92 Å². The van der Waals surface area contributed by atoms with Gasteiger partial charge in [-0.3, -0.25) is 14.4 Å². The van der Waals surface area contributed by atoms with Crippen LogP contribution in [0.1, 0.15) is 45.6 Å². The van der Waals surface area contributed by atoms with Gasteiger partial charge in [-0.2, -0.15) is 0 Å². The molecule has 0 spiro atoms. The topological polar surface area (TPSA) is 69.7 Å². The van der Waals surface area contributed by atoms with Gasteiger partial charge in [-0.15, -0.1) is 0 Å². The second-order valence-corrected chi connectivity index (χ2v) is 7.19. The number of nitrogens with one attached hydrogen (secondary N) is 1. The summed E-state index contributed by atoms with van der Waals surface area (Å²) in [4.78, 5) is 40.3. The van der Waals surface area contributed by atoms with Crippen molar-refractivity contribution in [2.24, 2.45) is 5.92 Å². The molecule has 2 heterocycles. The van der Waals surface area contributed by atoms with Gasteiger partial charge in [-0.1, -0.05) is 13.8 Å². The zero-order chi connectivity index (χ0) is 18.8. The van der Waals surface area contributed by atoms with Crippen LogP contribution in [0.25, 0.3) is 0 Å². The lowest BCUT2D eigenvalue weighted by molar-refractivity contribution is -0.126. The Labute approximate surface area is 154 Å². The molecule has 3 amide bonds. The molecule has 2 aliphatic heterocycles. The van der Waals surface area contributed by atoms with Crippen molar-refractivity contribution in [1.82, 2.24) is 5.32 Å². The lowest BCUT2D eigenvalue weighted by atomic mass is 10.1. The van der Waals surface area contributed by atoms with Crippen LogP contribution >= 0.6 is 0 Å². The Hall–Kier alpha value is -2.37. The molecule has 1 N–H and O–H groups in total. The first-order chi connectivity index (χ1) is 12.4. The van der Waals surface area contributed by atoms with Gasteiger partial charge in [-0.25, -0.2) is 0 Å². The van der Waals surface area contributed by atoms with Gasteiger partial charge in [0.15, 0.2) is 0 Å². The van der Waals surface area contributed by atoms with Crippen LogP contribution in [0, 0.1) is 5.92 Å². The van der Waals surface area contributed by atoms with E-state index in [4.69, 9.17) is 0 Å². The molecule has 1 saturated heterocycles. The number of benzene rings is 1. The highest BCUT2D eigenvalue weighted by atomic mass is 16.2. The van der Waals surface area contributed by atoms with E-state index in [1.165, 1.54) is 0 Å². The fourth-order valence-electron chi connectivity index (χ4n) is 3.60. The number of carbonyl (C=O) groups is 3.